The summed E-state index contributed by atoms with van der Waals surface area (Å²) in [6.45, 7) is 1.03. The Bertz CT molecular complexity index is 668. The van der Waals surface area contributed by atoms with E-state index in [2.05, 4.69) is 29.1 Å². The van der Waals surface area contributed by atoms with Crippen molar-refractivity contribution in [2.45, 2.75) is 12.5 Å². The van der Waals surface area contributed by atoms with Crippen LogP contribution in [0.1, 0.15) is 17.3 Å². The van der Waals surface area contributed by atoms with Gasteiger partial charge in [-0.3, -0.25) is 4.79 Å². The van der Waals surface area contributed by atoms with Gasteiger partial charge in [0.05, 0.1) is 5.69 Å². The maximum Gasteiger partial charge on any atom is 0.326 e. The minimum Gasteiger partial charge on any atom is -0.480 e. The Labute approximate surface area is 120 Å². The largest absolute Gasteiger partial charge is 0.480 e. The molecule has 1 atom stereocenters. The molecule has 3 rings (SSSR count). The Morgan fingerprint density at radius 1 is 1.55 bits per heavy atom. The third-order valence-corrected chi connectivity index (χ3v) is 4.47. The number of carboxylic acid groups (broad SMARTS) is 1. The SMILES string of the molecule is CN1CCc2cc(-c3nc(C(N)C(=O)O)cs3)ccc21. The Morgan fingerprint density at radius 2 is 2.35 bits per heavy atom. The average molecular weight is 289 g/mol. The van der Waals surface area contributed by atoms with E-state index in [0.29, 0.717) is 5.69 Å². The van der Waals surface area contributed by atoms with Crippen LogP contribution in [0.5, 0.6) is 0 Å². The van der Waals surface area contributed by atoms with Crippen molar-refractivity contribution < 1.29 is 9.90 Å². The number of nitrogens with zero attached hydrogens (tertiary/aromatic N) is 2. The highest BCUT2D eigenvalue weighted by Gasteiger charge is 2.20. The van der Waals surface area contributed by atoms with Crippen LogP contribution >= 0.6 is 11.3 Å². The molecule has 1 aliphatic rings. The van der Waals surface area contributed by atoms with E-state index < -0.39 is 12.0 Å². The van der Waals surface area contributed by atoms with Crippen LogP contribution in [0, 0.1) is 0 Å². The molecule has 104 valence electrons. The molecule has 0 saturated heterocycles. The fourth-order valence-corrected chi connectivity index (χ4v) is 3.24. The summed E-state index contributed by atoms with van der Waals surface area (Å²) in [5.74, 6) is -1.06. The number of rotatable bonds is 3. The summed E-state index contributed by atoms with van der Waals surface area (Å²) in [6, 6.07) is 5.19. The van der Waals surface area contributed by atoms with Crippen LogP contribution in [-0.2, 0) is 11.2 Å². The van der Waals surface area contributed by atoms with Gasteiger partial charge < -0.3 is 15.7 Å². The molecule has 5 nitrogen and oxygen atoms in total. The number of hydrogen-bond acceptors (Lipinski definition) is 5. The fourth-order valence-electron chi connectivity index (χ4n) is 2.39. The summed E-state index contributed by atoms with van der Waals surface area (Å²) < 4.78 is 0. The molecular formula is C14H15N3O2S. The van der Waals surface area contributed by atoms with E-state index in [-0.39, 0.29) is 0 Å². The molecule has 1 aliphatic heterocycles. The molecule has 6 heteroatoms. The summed E-state index contributed by atoms with van der Waals surface area (Å²) in [7, 11) is 2.08. The third-order valence-electron chi connectivity index (χ3n) is 3.56. The van der Waals surface area contributed by atoms with Crippen molar-refractivity contribution in [2.75, 3.05) is 18.5 Å². The van der Waals surface area contributed by atoms with Crippen molar-refractivity contribution in [1.29, 1.82) is 0 Å². The zero-order valence-electron chi connectivity index (χ0n) is 11.0. The second-order valence-electron chi connectivity index (χ2n) is 4.91. The zero-order valence-corrected chi connectivity index (χ0v) is 11.9. The van der Waals surface area contributed by atoms with E-state index >= 15 is 0 Å². The first-order valence-corrected chi connectivity index (χ1v) is 7.22. The van der Waals surface area contributed by atoms with E-state index in [1.165, 1.54) is 22.6 Å². The summed E-state index contributed by atoms with van der Waals surface area (Å²) >= 11 is 1.43. The standard InChI is InChI=1S/C14H15N3O2S/c1-17-5-4-8-6-9(2-3-11(8)17)13-16-10(7-20-13)12(15)14(18)19/h2-3,6-7,12H,4-5,15H2,1H3,(H,18,19). The molecule has 0 aliphatic carbocycles. The van der Waals surface area contributed by atoms with Crippen molar-refractivity contribution >= 4 is 23.0 Å². The lowest BCUT2D eigenvalue weighted by Gasteiger charge is -2.11. The van der Waals surface area contributed by atoms with Crippen LogP contribution in [-0.4, -0.2) is 29.7 Å². The van der Waals surface area contributed by atoms with Gasteiger partial charge in [-0.15, -0.1) is 11.3 Å². The Kier molecular flexibility index (Phi) is 3.19. The maximum absolute atomic E-state index is 10.9. The van der Waals surface area contributed by atoms with Gasteiger partial charge in [0.15, 0.2) is 0 Å². The van der Waals surface area contributed by atoms with Crippen LogP contribution < -0.4 is 10.6 Å². The number of carboxylic acids is 1. The van der Waals surface area contributed by atoms with Gasteiger partial charge in [-0.25, -0.2) is 4.98 Å². The van der Waals surface area contributed by atoms with Crippen molar-refractivity contribution in [3.05, 3.63) is 34.8 Å². The topological polar surface area (TPSA) is 79.5 Å². The Hall–Kier alpha value is -1.92. The van der Waals surface area contributed by atoms with Gasteiger partial charge in [0.25, 0.3) is 0 Å². The molecule has 1 aromatic carbocycles. The average Bonchev–Trinajstić information content (AvgIpc) is 3.05. The molecule has 2 aromatic rings. The van der Waals surface area contributed by atoms with Crippen LogP contribution in [0.15, 0.2) is 23.6 Å². The molecule has 1 aromatic heterocycles. The van der Waals surface area contributed by atoms with Gasteiger partial charge in [-0.2, -0.15) is 0 Å². The number of carbonyl (C=O) groups is 1. The predicted molar refractivity (Wildman–Crippen MR) is 79.1 cm³/mol. The second kappa shape index (κ2) is 4.88. The molecular weight excluding hydrogens is 274 g/mol. The lowest BCUT2D eigenvalue weighted by Crippen LogP contribution is -2.20. The van der Waals surface area contributed by atoms with Crippen LogP contribution in [0.4, 0.5) is 5.69 Å². The summed E-state index contributed by atoms with van der Waals surface area (Å²) in [6.07, 6.45) is 1.03. The Balaban J connectivity index is 1.92. The van der Waals surface area contributed by atoms with E-state index in [9.17, 15) is 4.79 Å². The van der Waals surface area contributed by atoms with Crippen LogP contribution in [0.25, 0.3) is 10.6 Å². The third kappa shape index (κ3) is 2.17. The van der Waals surface area contributed by atoms with E-state index in [4.69, 9.17) is 10.8 Å². The first kappa shape index (κ1) is 13.1. The molecule has 3 N–H and O–H groups in total. The first-order valence-electron chi connectivity index (χ1n) is 6.34. The van der Waals surface area contributed by atoms with Gasteiger partial charge >= 0.3 is 5.97 Å². The zero-order chi connectivity index (χ0) is 14.3. The number of likely N-dealkylation sites (N-methyl/N-ethyl adjacent to an activating group) is 1. The van der Waals surface area contributed by atoms with Gasteiger partial charge in [-0.05, 0) is 30.2 Å². The Morgan fingerprint density at radius 3 is 3.10 bits per heavy atom. The number of aliphatic carboxylic acids is 1. The van der Waals surface area contributed by atoms with Gasteiger partial charge in [0, 0.05) is 30.2 Å². The lowest BCUT2D eigenvalue weighted by molar-refractivity contribution is -0.138. The van der Waals surface area contributed by atoms with Crippen molar-refractivity contribution in [3.63, 3.8) is 0 Å². The molecule has 0 bridgehead atoms. The number of fused-ring (bicyclic) bond motifs is 1. The van der Waals surface area contributed by atoms with Gasteiger partial charge in [-0.1, -0.05) is 0 Å². The van der Waals surface area contributed by atoms with E-state index in [1.807, 2.05) is 6.07 Å². The lowest BCUT2D eigenvalue weighted by atomic mass is 10.1. The van der Waals surface area contributed by atoms with Crippen molar-refractivity contribution in [3.8, 4) is 10.6 Å². The maximum atomic E-state index is 10.9. The summed E-state index contributed by atoms with van der Waals surface area (Å²) in [4.78, 5) is 17.4. The summed E-state index contributed by atoms with van der Waals surface area (Å²) in [5.41, 5.74) is 9.58. The molecule has 2 heterocycles. The number of hydrogen-bond donors (Lipinski definition) is 2. The monoisotopic (exact) mass is 289 g/mol. The number of anilines is 1. The first-order chi connectivity index (χ1) is 9.56. The molecule has 0 fully saturated rings. The molecule has 0 saturated carbocycles. The highest BCUT2D eigenvalue weighted by Crippen LogP contribution is 2.33. The van der Waals surface area contributed by atoms with Gasteiger partial charge in [0.1, 0.15) is 11.0 Å². The second-order valence-corrected chi connectivity index (χ2v) is 5.77. The molecule has 0 spiro atoms. The molecule has 20 heavy (non-hydrogen) atoms. The number of thiazole rings is 1. The minimum atomic E-state index is -1.06. The van der Waals surface area contributed by atoms with E-state index in [0.717, 1.165) is 23.5 Å². The number of aromatic nitrogens is 1. The predicted octanol–water partition coefficient (Wildman–Crippen LogP) is 1.89. The molecule has 0 amide bonds. The molecule has 1 unspecified atom stereocenters. The smallest absolute Gasteiger partial charge is 0.326 e. The highest BCUT2D eigenvalue weighted by atomic mass is 32.1. The number of benzene rings is 1. The summed E-state index contributed by atoms with van der Waals surface area (Å²) in [5, 5.41) is 11.4. The molecule has 0 radical (unpaired) electrons. The number of nitrogens with two attached hydrogens (primary N) is 1. The highest BCUT2D eigenvalue weighted by molar-refractivity contribution is 7.13. The van der Waals surface area contributed by atoms with Crippen LogP contribution in [0.3, 0.4) is 0 Å². The van der Waals surface area contributed by atoms with Crippen LogP contribution in [0.2, 0.25) is 0 Å². The van der Waals surface area contributed by atoms with Crippen molar-refractivity contribution in [2.24, 2.45) is 5.73 Å². The van der Waals surface area contributed by atoms with Gasteiger partial charge in [0.2, 0.25) is 0 Å². The normalized spacial score (nSPS) is 15.2. The fraction of sp³-hybridized carbons (Fsp3) is 0.286. The minimum absolute atomic E-state index is 0.412. The quantitative estimate of drug-likeness (QED) is 0.902. The van der Waals surface area contributed by atoms with E-state index in [1.54, 1.807) is 5.38 Å². The van der Waals surface area contributed by atoms with Crippen molar-refractivity contribution in [1.82, 2.24) is 4.98 Å².